The molecule has 1 aromatic carbocycles. The minimum Gasteiger partial charge on any atom is -0.494 e. The van der Waals surface area contributed by atoms with E-state index in [1.54, 1.807) is 7.05 Å². The van der Waals surface area contributed by atoms with Crippen LogP contribution in [0.5, 0.6) is 5.75 Å². The van der Waals surface area contributed by atoms with E-state index in [0.717, 1.165) is 11.3 Å². The van der Waals surface area contributed by atoms with Crippen molar-refractivity contribution in [1.82, 2.24) is 15.5 Å². The first-order valence-electron chi connectivity index (χ1n) is 8.64. The zero-order valence-electron chi connectivity index (χ0n) is 14.9. The molecule has 0 radical (unpaired) electrons. The zero-order chi connectivity index (χ0) is 18.1. The highest BCUT2D eigenvalue weighted by Gasteiger charge is 2.25. The van der Waals surface area contributed by atoms with Gasteiger partial charge in [0.15, 0.2) is 5.96 Å². The number of amides is 2. The lowest BCUT2D eigenvalue weighted by Crippen LogP contribution is -2.46. The summed E-state index contributed by atoms with van der Waals surface area (Å²) in [7, 11) is 1.68. The molecule has 0 spiro atoms. The van der Waals surface area contributed by atoms with E-state index in [0.29, 0.717) is 51.5 Å². The van der Waals surface area contributed by atoms with Crippen molar-refractivity contribution >= 4 is 17.8 Å². The summed E-state index contributed by atoms with van der Waals surface area (Å²) in [6, 6.07) is 7.83. The highest BCUT2D eigenvalue weighted by molar-refractivity contribution is 5.97. The Labute approximate surface area is 148 Å². The Bertz CT molecular complexity index is 615. The summed E-state index contributed by atoms with van der Waals surface area (Å²) in [6.45, 7) is 3.95. The van der Waals surface area contributed by atoms with Gasteiger partial charge in [-0.15, -0.1) is 0 Å². The Kier molecular flexibility index (Phi) is 7.25. The fraction of sp³-hybridized carbons (Fsp3) is 0.500. The molecule has 25 heavy (non-hydrogen) atoms. The van der Waals surface area contributed by atoms with Gasteiger partial charge < -0.3 is 15.4 Å². The van der Waals surface area contributed by atoms with Crippen LogP contribution in [0.4, 0.5) is 0 Å². The van der Waals surface area contributed by atoms with Gasteiger partial charge in [0.2, 0.25) is 11.8 Å². The molecule has 1 heterocycles. The maximum absolute atomic E-state index is 11.8. The summed E-state index contributed by atoms with van der Waals surface area (Å²) >= 11 is 0. The quantitative estimate of drug-likeness (QED) is 0.442. The van der Waals surface area contributed by atoms with E-state index in [-0.39, 0.29) is 11.8 Å². The largest absolute Gasteiger partial charge is 0.494 e. The number of imide groups is 1. The molecule has 1 aliphatic heterocycles. The number of carbonyl (C=O) groups is 2. The lowest BCUT2D eigenvalue weighted by atomic mass is 10.1. The number of benzene rings is 1. The Morgan fingerprint density at radius 2 is 1.92 bits per heavy atom. The molecule has 0 unspecified atom stereocenters. The number of carbonyl (C=O) groups excluding carboxylic acids is 2. The predicted molar refractivity (Wildman–Crippen MR) is 96.4 cm³/mol. The molecule has 2 rings (SSSR count). The van der Waals surface area contributed by atoms with E-state index >= 15 is 0 Å². The van der Waals surface area contributed by atoms with Gasteiger partial charge in [0.25, 0.3) is 0 Å². The average Bonchev–Trinajstić information content (AvgIpc) is 2.61. The van der Waals surface area contributed by atoms with Gasteiger partial charge in [0.1, 0.15) is 5.75 Å². The maximum atomic E-state index is 11.8. The number of hydrogen-bond donors (Lipinski definition) is 2. The predicted octanol–water partition coefficient (Wildman–Crippen LogP) is 1.29. The number of hydrogen-bond acceptors (Lipinski definition) is 4. The molecule has 2 amide bonds. The third-order valence-electron chi connectivity index (χ3n) is 3.95. The first-order chi connectivity index (χ1) is 12.2. The van der Waals surface area contributed by atoms with Crippen LogP contribution in [-0.4, -0.2) is 49.4 Å². The Morgan fingerprint density at radius 3 is 2.60 bits per heavy atom. The van der Waals surface area contributed by atoms with Crippen molar-refractivity contribution in [2.45, 2.75) is 32.7 Å². The molecule has 1 fully saturated rings. The maximum Gasteiger partial charge on any atom is 0.229 e. The van der Waals surface area contributed by atoms with Crippen molar-refractivity contribution in [1.29, 1.82) is 0 Å². The summed E-state index contributed by atoms with van der Waals surface area (Å²) in [5.74, 6) is 1.28. The number of rotatable bonds is 7. The molecule has 0 aromatic heterocycles. The summed E-state index contributed by atoms with van der Waals surface area (Å²) in [5.41, 5.74) is 1.04. The van der Waals surface area contributed by atoms with Gasteiger partial charge >= 0.3 is 0 Å². The second kappa shape index (κ2) is 9.66. The highest BCUT2D eigenvalue weighted by Crippen LogP contribution is 2.17. The summed E-state index contributed by atoms with van der Waals surface area (Å²) in [5, 5.41) is 6.35. The van der Waals surface area contributed by atoms with Crippen LogP contribution in [-0.2, 0) is 16.1 Å². The van der Waals surface area contributed by atoms with Gasteiger partial charge in [0.05, 0.1) is 6.61 Å². The van der Waals surface area contributed by atoms with Crippen LogP contribution in [0, 0.1) is 0 Å². The molecule has 1 saturated heterocycles. The summed E-state index contributed by atoms with van der Waals surface area (Å²) < 4.78 is 5.61. The third-order valence-corrected chi connectivity index (χ3v) is 3.95. The number of para-hydroxylation sites is 1. The van der Waals surface area contributed by atoms with Gasteiger partial charge in [0, 0.05) is 45.1 Å². The zero-order valence-corrected chi connectivity index (χ0v) is 14.9. The summed E-state index contributed by atoms with van der Waals surface area (Å²) in [6.07, 6.45) is 1.56. The van der Waals surface area contributed by atoms with Crippen molar-refractivity contribution in [2.24, 2.45) is 4.99 Å². The van der Waals surface area contributed by atoms with E-state index in [1.807, 2.05) is 31.2 Å². The first kappa shape index (κ1) is 18.8. The van der Waals surface area contributed by atoms with E-state index in [1.165, 1.54) is 4.90 Å². The van der Waals surface area contributed by atoms with Crippen molar-refractivity contribution < 1.29 is 14.3 Å². The van der Waals surface area contributed by atoms with Crippen LogP contribution in [0.3, 0.4) is 0 Å². The Hall–Kier alpha value is -2.57. The van der Waals surface area contributed by atoms with Gasteiger partial charge in [-0.3, -0.25) is 19.5 Å². The van der Waals surface area contributed by atoms with Crippen molar-refractivity contribution in [2.75, 3.05) is 26.7 Å². The standard InChI is InChI=1S/C18H26N4O3/c1-3-25-15-8-5-4-7-14(15)13-21-18(19-2)20-11-12-22-16(23)9-6-10-17(22)24/h4-5,7-8H,3,6,9-13H2,1-2H3,(H2,19,20,21). The number of guanidine groups is 1. The van der Waals surface area contributed by atoms with E-state index < -0.39 is 0 Å². The lowest BCUT2D eigenvalue weighted by molar-refractivity contribution is -0.147. The van der Waals surface area contributed by atoms with Gasteiger partial charge in [-0.1, -0.05) is 18.2 Å². The third kappa shape index (κ3) is 5.48. The molecule has 0 bridgehead atoms. The number of nitrogens with one attached hydrogen (secondary N) is 2. The first-order valence-corrected chi connectivity index (χ1v) is 8.64. The molecule has 136 valence electrons. The molecular weight excluding hydrogens is 320 g/mol. The second-order valence-corrected chi connectivity index (χ2v) is 5.69. The molecule has 7 heteroatoms. The monoisotopic (exact) mass is 346 g/mol. The fourth-order valence-corrected chi connectivity index (χ4v) is 2.68. The van der Waals surface area contributed by atoms with E-state index in [2.05, 4.69) is 15.6 Å². The van der Waals surface area contributed by atoms with Gasteiger partial charge in [-0.05, 0) is 19.4 Å². The Morgan fingerprint density at radius 1 is 1.20 bits per heavy atom. The van der Waals surface area contributed by atoms with Crippen LogP contribution in [0.1, 0.15) is 31.7 Å². The Balaban J connectivity index is 1.81. The molecule has 0 atom stereocenters. The average molecular weight is 346 g/mol. The molecule has 0 aliphatic carbocycles. The number of nitrogens with zero attached hydrogens (tertiary/aromatic N) is 2. The van der Waals surface area contributed by atoms with Crippen LogP contribution in [0.2, 0.25) is 0 Å². The topological polar surface area (TPSA) is 83.0 Å². The second-order valence-electron chi connectivity index (χ2n) is 5.69. The van der Waals surface area contributed by atoms with Gasteiger partial charge in [-0.25, -0.2) is 0 Å². The van der Waals surface area contributed by atoms with Crippen molar-refractivity contribution in [3.8, 4) is 5.75 Å². The number of ether oxygens (including phenoxy) is 1. The smallest absolute Gasteiger partial charge is 0.229 e. The van der Waals surface area contributed by atoms with Crippen LogP contribution >= 0.6 is 0 Å². The molecule has 0 saturated carbocycles. The van der Waals surface area contributed by atoms with Gasteiger partial charge in [-0.2, -0.15) is 0 Å². The number of aliphatic imine (C=N–C) groups is 1. The molecule has 1 aromatic rings. The van der Waals surface area contributed by atoms with Crippen molar-refractivity contribution in [3.63, 3.8) is 0 Å². The summed E-state index contributed by atoms with van der Waals surface area (Å²) in [4.78, 5) is 29.0. The molecule has 7 nitrogen and oxygen atoms in total. The van der Waals surface area contributed by atoms with E-state index in [9.17, 15) is 9.59 Å². The lowest BCUT2D eigenvalue weighted by Gasteiger charge is -2.25. The SMILES string of the molecule is CCOc1ccccc1CNC(=NC)NCCN1C(=O)CCCC1=O. The number of piperidine rings is 1. The normalized spacial score (nSPS) is 15.3. The number of likely N-dealkylation sites (tertiary alicyclic amines) is 1. The highest BCUT2D eigenvalue weighted by atomic mass is 16.5. The van der Waals surface area contributed by atoms with Crippen LogP contribution < -0.4 is 15.4 Å². The molecular formula is C18H26N4O3. The van der Waals surface area contributed by atoms with Crippen molar-refractivity contribution in [3.05, 3.63) is 29.8 Å². The fourth-order valence-electron chi connectivity index (χ4n) is 2.68. The molecule has 2 N–H and O–H groups in total. The van der Waals surface area contributed by atoms with E-state index in [4.69, 9.17) is 4.74 Å². The van der Waals surface area contributed by atoms with Crippen LogP contribution in [0.15, 0.2) is 29.3 Å². The minimum atomic E-state index is -0.0911. The minimum absolute atomic E-state index is 0.0911. The van der Waals surface area contributed by atoms with Crippen LogP contribution in [0.25, 0.3) is 0 Å². The molecule has 1 aliphatic rings.